The molecule has 1 rings (SSSR count). The standard InChI is InChI=1S/C12H19ClN2O2S/c1-2-18(16,17)9-3-4-12(15-14)10-5-7-11(13)8-6-10/h5-8,12,15H,2-4,9,14H2,1H3. The molecule has 4 nitrogen and oxygen atoms in total. The van der Waals surface area contributed by atoms with Gasteiger partial charge < -0.3 is 0 Å². The number of halogens is 1. The fourth-order valence-corrected chi connectivity index (χ4v) is 2.71. The zero-order valence-electron chi connectivity index (χ0n) is 10.4. The maximum Gasteiger partial charge on any atom is 0.150 e. The van der Waals surface area contributed by atoms with Gasteiger partial charge in [-0.25, -0.2) is 8.42 Å². The number of nitrogens with two attached hydrogens (primary N) is 1. The fraction of sp³-hybridized carbons (Fsp3) is 0.500. The lowest BCUT2D eigenvalue weighted by Crippen LogP contribution is -2.28. The van der Waals surface area contributed by atoms with Gasteiger partial charge in [0.15, 0.2) is 0 Å². The van der Waals surface area contributed by atoms with E-state index in [-0.39, 0.29) is 17.5 Å². The van der Waals surface area contributed by atoms with Crippen LogP contribution < -0.4 is 11.3 Å². The molecule has 1 aromatic rings. The second-order valence-corrected chi connectivity index (χ2v) is 7.06. The molecule has 0 fully saturated rings. The highest BCUT2D eigenvalue weighted by molar-refractivity contribution is 7.91. The number of hydrogen-bond donors (Lipinski definition) is 2. The normalized spacial score (nSPS) is 13.5. The Kier molecular flexibility index (Phi) is 6.08. The molecule has 0 aliphatic heterocycles. The molecule has 1 aromatic carbocycles. The van der Waals surface area contributed by atoms with Gasteiger partial charge in [0.2, 0.25) is 0 Å². The number of rotatable bonds is 7. The Morgan fingerprint density at radius 1 is 1.33 bits per heavy atom. The SMILES string of the molecule is CCS(=O)(=O)CCCC(NN)c1ccc(Cl)cc1. The highest BCUT2D eigenvalue weighted by Gasteiger charge is 2.12. The van der Waals surface area contributed by atoms with E-state index in [4.69, 9.17) is 17.4 Å². The van der Waals surface area contributed by atoms with Crippen LogP contribution in [0.3, 0.4) is 0 Å². The number of benzene rings is 1. The molecule has 0 heterocycles. The van der Waals surface area contributed by atoms with Crippen LogP contribution in [-0.4, -0.2) is 19.9 Å². The Morgan fingerprint density at radius 3 is 2.44 bits per heavy atom. The van der Waals surface area contributed by atoms with Gasteiger partial charge in [0.1, 0.15) is 9.84 Å². The minimum atomic E-state index is -2.90. The van der Waals surface area contributed by atoms with Gasteiger partial charge in [-0.3, -0.25) is 11.3 Å². The van der Waals surface area contributed by atoms with Crippen molar-refractivity contribution >= 4 is 21.4 Å². The van der Waals surface area contributed by atoms with Gasteiger partial charge in [-0.1, -0.05) is 30.7 Å². The van der Waals surface area contributed by atoms with Gasteiger partial charge in [0.25, 0.3) is 0 Å². The van der Waals surface area contributed by atoms with Crippen LogP contribution in [0.2, 0.25) is 5.02 Å². The summed E-state index contributed by atoms with van der Waals surface area (Å²) in [7, 11) is -2.90. The lowest BCUT2D eigenvalue weighted by molar-refractivity contribution is 0.507. The highest BCUT2D eigenvalue weighted by atomic mass is 35.5. The second kappa shape index (κ2) is 7.09. The van der Waals surface area contributed by atoms with Gasteiger partial charge in [0, 0.05) is 16.8 Å². The van der Waals surface area contributed by atoms with Crippen molar-refractivity contribution in [3.63, 3.8) is 0 Å². The average molecular weight is 291 g/mol. The van der Waals surface area contributed by atoms with Crippen molar-refractivity contribution in [1.82, 2.24) is 5.43 Å². The molecule has 0 saturated heterocycles. The Bertz CT molecular complexity index is 459. The van der Waals surface area contributed by atoms with Gasteiger partial charge in [-0.05, 0) is 30.5 Å². The Labute approximate surface area is 113 Å². The van der Waals surface area contributed by atoms with Crippen molar-refractivity contribution < 1.29 is 8.42 Å². The van der Waals surface area contributed by atoms with Gasteiger partial charge in [-0.15, -0.1) is 0 Å². The lowest BCUT2D eigenvalue weighted by atomic mass is 10.0. The monoisotopic (exact) mass is 290 g/mol. The summed E-state index contributed by atoms with van der Waals surface area (Å²) in [6.45, 7) is 1.66. The summed E-state index contributed by atoms with van der Waals surface area (Å²) in [5.74, 6) is 5.89. The van der Waals surface area contributed by atoms with Crippen molar-refractivity contribution in [2.75, 3.05) is 11.5 Å². The topological polar surface area (TPSA) is 72.2 Å². The number of sulfone groups is 1. The van der Waals surface area contributed by atoms with Crippen LogP contribution in [0, 0.1) is 0 Å². The van der Waals surface area contributed by atoms with Crippen LogP contribution in [0.1, 0.15) is 31.4 Å². The van der Waals surface area contributed by atoms with Crippen LogP contribution in [0.5, 0.6) is 0 Å². The largest absolute Gasteiger partial charge is 0.271 e. The molecule has 0 aliphatic rings. The zero-order valence-corrected chi connectivity index (χ0v) is 12.0. The molecule has 0 bridgehead atoms. The summed E-state index contributed by atoms with van der Waals surface area (Å²) in [4.78, 5) is 0. The summed E-state index contributed by atoms with van der Waals surface area (Å²) in [5, 5.41) is 0.670. The third-order valence-electron chi connectivity index (χ3n) is 2.86. The highest BCUT2D eigenvalue weighted by Crippen LogP contribution is 2.20. The number of hydrogen-bond acceptors (Lipinski definition) is 4. The molecule has 0 aromatic heterocycles. The summed E-state index contributed by atoms with van der Waals surface area (Å²) in [5.41, 5.74) is 3.71. The molecule has 6 heteroatoms. The molecule has 0 saturated carbocycles. The Balaban J connectivity index is 2.55. The van der Waals surface area contributed by atoms with Crippen LogP contribution in [0.25, 0.3) is 0 Å². The third kappa shape index (κ3) is 4.94. The molecule has 0 spiro atoms. The van der Waals surface area contributed by atoms with E-state index < -0.39 is 9.84 Å². The van der Waals surface area contributed by atoms with E-state index in [1.807, 2.05) is 12.1 Å². The average Bonchev–Trinajstić information content (AvgIpc) is 2.36. The molecule has 1 atom stereocenters. The minimum Gasteiger partial charge on any atom is -0.271 e. The van der Waals surface area contributed by atoms with Crippen molar-refractivity contribution in [2.24, 2.45) is 5.84 Å². The predicted octanol–water partition coefficient (Wildman–Crippen LogP) is 2.06. The van der Waals surface area contributed by atoms with E-state index in [0.29, 0.717) is 17.9 Å². The van der Waals surface area contributed by atoms with Crippen LogP contribution in [0.15, 0.2) is 24.3 Å². The van der Waals surface area contributed by atoms with Crippen LogP contribution in [-0.2, 0) is 9.84 Å². The van der Waals surface area contributed by atoms with Crippen molar-refractivity contribution in [1.29, 1.82) is 0 Å². The molecular weight excluding hydrogens is 272 g/mol. The molecule has 0 amide bonds. The molecule has 18 heavy (non-hydrogen) atoms. The summed E-state index contributed by atoms with van der Waals surface area (Å²) in [6, 6.07) is 7.32. The third-order valence-corrected chi connectivity index (χ3v) is 4.90. The number of nitrogens with one attached hydrogen (secondary N) is 1. The summed E-state index contributed by atoms with van der Waals surface area (Å²) >= 11 is 5.81. The smallest absolute Gasteiger partial charge is 0.150 e. The first kappa shape index (κ1) is 15.4. The van der Waals surface area contributed by atoms with E-state index in [2.05, 4.69) is 5.43 Å². The number of hydrazine groups is 1. The predicted molar refractivity (Wildman–Crippen MR) is 75.1 cm³/mol. The van der Waals surface area contributed by atoms with E-state index >= 15 is 0 Å². The molecule has 102 valence electrons. The molecular formula is C12H19ClN2O2S. The maximum absolute atomic E-state index is 11.4. The van der Waals surface area contributed by atoms with Gasteiger partial charge in [-0.2, -0.15) is 0 Å². The summed E-state index contributed by atoms with van der Waals surface area (Å²) < 4.78 is 22.8. The van der Waals surface area contributed by atoms with Crippen LogP contribution >= 0.6 is 11.6 Å². The first-order valence-corrected chi connectivity index (χ1v) is 8.10. The lowest BCUT2D eigenvalue weighted by Gasteiger charge is -2.16. The first-order chi connectivity index (χ1) is 8.48. The molecule has 0 radical (unpaired) electrons. The van der Waals surface area contributed by atoms with Gasteiger partial charge in [0.05, 0.1) is 5.75 Å². The zero-order chi connectivity index (χ0) is 13.6. The maximum atomic E-state index is 11.4. The van der Waals surface area contributed by atoms with Crippen molar-refractivity contribution in [2.45, 2.75) is 25.8 Å². The first-order valence-electron chi connectivity index (χ1n) is 5.90. The minimum absolute atomic E-state index is 0.0469. The quantitative estimate of drug-likeness (QED) is 0.595. The summed E-state index contributed by atoms with van der Waals surface area (Å²) in [6.07, 6.45) is 1.27. The fourth-order valence-electron chi connectivity index (χ4n) is 1.69. The van der Waals surface area contributed by atoms with Crippen molar-refractivity contribution in [3.8, 4) is 0 Å². The van der Waals surface area contributed by atoms with Gasteiger partial charge >= 0.3 is 0 Å². The van der Waals surface area contributed by atoms with E-state index in [1.54, 1.807) is 19.1 Å². The van der Waals surface area contributed by atoms with Crippen molar-refractivity contribution in [3.05, 3.63) is 34.9 Å². The van der Waals surface area contributed by atoms with Crippen LogP contribution in [0.4, 0.5) is 0 Å². The van der Waals surface area contributed by atoms with E-state index in [1.165, 1.54) is 0 Å². The molecule has 1 unspecified atom stereocenters. The molecule has 3 N–H and O–H groups in total. The molecule has 0 aliphatic carbocycles. The Morgan fingerprint density at radius 2 is 1.94 bits per heavy atom. The Hall–Kier alpha value is -0.620. The second-order valence-electron chi connectivity index (χ2n) is 4.15. The van der Waals surface area contributed by atoms with E-state index in [9.17, 15) is 8.42 Å². The van der Waals surface area contributed by atoms with E-state index in [0.717, 1.165) is 5.56 Å².